The molecule has 1 aliphatic carbocycles. The minimum absolute atomic E-state index is 0.400. The van der Waals surface area contributed by atoms with Gasteiger partial charge in [0.15, 0.2) is 5.82 Å². The lowest BCUT2D eigenvalue weighted by Crippen LogP contribution is -2.14. The summed E-state index contributed by atoms with van der Waals surface area (Å²) in [5.41, 5.74) is 2.64. The lowest BCUT2D eigenvalue weighted by Gasteiger charge is -2.28. The van der Waals surface area contributed by atoms with Crippen molar-refractivity contribution in [2.45, 2.75) is 84.0 Å². The van der Waals surface area contributed by atoms with Gasteiger partial charge in [-0.3, -0.25) is 0 Å². The Morgan fingerprint density at radius 1 is 0.811 bits per heavy atom. The maximum Gasteiger partial charge on any atom is 0.343 e. The smallest absolute Gasteiger partial charge is 0.343 e. The monoisotopic (exact) mass is 500 g/mol. The van der Waals surface area contributed by atoms with Gasteiger partial charge >= 0.3 is 5.97 Å². The van der Waals surface area contributed by atoms with Crippen LogP contribution in [0, 0.1) is 5.92 Å². The molecule has 4 rings (SSSR count). The standard InChI is InChI=1S/C32H40N2O3/c1-3-5-6-7-8-9-24-10-12-25(13-11-24)28-22-33-31(34-23-28)26-14-20-30(21-15-26)37-32(35)27-16-18-29(19-17-27)36-4-2/h14-25H,3-13H2,1-2H3/t24-,25-. The molecule has 1 aliphatic rings. The molecule has 1 heterocycles. The van der Waals surface area contributed by atoms with Crippen LogP contribution in [0.15, 0.2) is 60.9 Å². The first-order valence-corrected chi connectivity index (χ1v) is 14.0. The number of rotatable bonds is 12. The fraction of sp³-hybridized carbons (Fsp3) is 0.469. The Morgan fingerprint density at radius 2 is 1.46 bits per heavy atom. The summed E-state index contributed by atoms with van der Waals surface area (Å²) in [6.45, 7) is 4.79. The molecule has 0 atom stereocenters. The van der Waals surface area contributed by atoms with Crippen LogP contribution in [0.1, 0.15) is 99.9 Å². The molecule has 2 aromatic carbocycles. The molecular weight excluding hydrogens is 460 g/mol. The minimum Gasteiger partial charge on any atom is -0.494 e. The van der Waals surface area contributed by atoms with Gasteiger partial charge in [-0.05, 0) is 98.5 Å². The highest BCUT2D eigenvalue weighted by Gasteiger charge is 2.22. The highest BCUT2D eigenvalue weighted by molar-refractivity contribution is 5.91. The van der Waals surface area contributed by atoms with Gasteiger partial charge in [-0.2, -0.15) is 0 Å². The normalized spacial score (nSPS) is 17.4. The van der Waals surface area contributed by atoms with Crippen LogP contribution in [0.4, 0.5) is 0 Å². The van der Waals surface area contributed by atoms with Crippen LogP contribution < -0.4 is 9.47 Å². The van der Waals surface area contributed by atoms with Crippen LogP contribution in [0.3, 0.4) is 0 Å². The molecule has 0 bridgehead atoms. The number of ether oxygens (including phenoxy) is 2. The predicted octanol–water partition coefficient (Wildman–Crippen LogP) is 8.40. The number of nitrogens with zero attached hydrogens (tertiary/aromatic N) is 2. The van der Waals surface area contributed by atoms with Gasteiger partial charge in [0.05, 0.1) is 12.2 Å². The first-order chi connectivity index (χ1) is 18.2. The third kappa shape index (κ3) is 7.88. The van der Waals surface area contributed by atoms with Gasteiger partial charge < -0.3 is 9.47 Å². The van der Waals surface area contributed by atoms with E-state index in [0.29, 0.717) is 29.7 Å². The van der Waals surface area contributed by atoms with Crippen molar-refractivity contribution in [3.05, 3.63) is 72.1 Å². The first-order valence-electron chi connectivity index (χ1n) is 14.0. The second-order valence-electron chi connectivity index (χ2n) is 10.1. The van der Waals surface area contributed by atoms with E-state index in [4.69, 9.17) is 9.47 Å². The van der Waals surface area contributed by atoms with Crippen LogP contribution in [0.5, 0.6) is 11.5 Å². The Kier molecular flexibility index (Phi) is 10.1. The van der Waals surface area contributed by atoms with E-state index in [1.54, 1.807) is 36.4 Å². The molecule has 0 radical (unpaired) electrons. The number of benzene rings is 2. The Hall–Kier alpha value is -3.21. The van der Waals surface area contributed by atoms with Crippen molar-refractivity contribution in [3.63, 3.8) is 0 Å². The SMILES string of the molecule is CCCCCCC[C@H]1CC[C@H](c2cnc(-c3ccc(OC(=O)c4ccc(OCC)cc4)cc3)nc2)CC1. The van der Waals surface area contributed by atoms with Gasteiger partial charge in [0.2, 0.25) is 0 Å². The first kappa shape index (κ1) is 26.8. The fourth-order valence-corrected chi connectivity index (χ4v) is 5.21. The summed E-state index contributed by atoms with van der Waals surface area (Å²) in [4.78, 5) is 21.8. The van der Waals surface area contributed by atoms with E-state index >= 15 is 0 Å². The number of hydrogen-bond acceptors (Lipinski definition) is 5. The third-order valence-electron chi connectivity index (χ3n) is 7.43. The zero-order valence-corrected chi connectivity index (χ0v) is 22.3. The molecule has 0 saturated heterocycles. The summed E-state index contributed by atoms with van der Waals surface area (Å²) in [5, 5.41) is 0. The van der Waals surface area contributed by atoms with Crippen LogP contribution in [-0.2, 0) is 0 Å². The average molecular weight is 501 g/mol. The molecule has 0 amide bonds. The van der Waals surface area contributed by atoms with Crippen LogP contribution in [0.2, 0.25) is 0 Å². The number of esters is 1. The Labute approximate surface area is 221 Å². The van der Waals surface area contributed by atoms with Gasteiger partial charge in [0.1, 0.15) is 11.5 Å². The summed E-state index contributed by atoms with van der Waals surface area (Å²) in [6.07, 6.45) is 17.4. The van der Waals surface area contributed by atoms with Gasteiger partial charge in [-0.1, -0.05) is 45.4 Å². The van der Waals surface area contributed by atoms with Crippen molar-refractivity contribution in [3.8, 4) is 22.9 Å². The predicted molar refractivity (Wildman–Crippen MR) is 148 cm³/mol. The number of carbonyl (C=O) groups excluding carboxylic acids is 1. The molecule has 1 aromatic heterocycles. The van der Waals surface area contributed by atoms with E-state index in [-0.39, 0.29) is 0 Å². The molecule has 0 unspecified atom stereocenters. The number of carbonyl (C=O) groups is 1. The quantitative estimate of drug-likeness (QED) is 0.142. The Balaban J connectivity index is 1.26. The highest BCUT2D eigenvalue weighted by atomic mass is 16.5. The summed E-state index contributed by atoms with van der Waals surface area (Å²) in [7, 11) is 0. The lowest BCUT2D eigenvalue weighted by molar-refractivity contribution is 0.0734. The van der Waals surface area contributed by atoms with E-state index in [1.807, 2.05) is 31.5 Å². The summed E-state index contributed by atoms with van der Waals surface area (Å²) in [6, 6.07) is 14.3. The number of aromatic nitrogens is 2. The molecule has 1 fully saturated rings. The van der Waals surface area contributed by atoms with E-state index in [1.165, 1.54) is 69.8 Å². The van der Waals surface area contributed by atoms with Crippen molar-refractivity contribution in [2.24, 2.45) is 5.92 Å². The van der Waals surface area contributed by atoms with E-state index in [9.17, 15) is 4.79 Å². The molecule has 1 saturated carbocycles. The van der Waals surface area contributed by atoms with E-state index < -0.39 is 5.97 Å². The summed E-state index contributed by atoms with van der Waals surface area (Å²) >= 11 is 0. The van der Waals surface area contributed by atoms with Gasteiger partial charge in [0.25, 0.3) is 0 Å². The topological polar surface area (TPSA) is 61.3 Å². The third-order valence-corrected chi connectivity index (χ3v) is 7.43. The molecular formula is C32H40N2O3. The maximum atomic E-state index is 12.4. The van der Waals surface area contributed by atoms with Gasteiger partial charge in [0, 0.05) is 18.0 Å². The molecule has 37 heavy (non-hydrogen) atoms. The highest BCUT2D eigenvalue weighted by Crippen LogP contribution is 2.37. The zero-order chi connectivity index (χ0) is 25.9. The number of hydrogen-bond donors (Lipinski definition) is 0. The van der Waals surface area contributed by atoms with Crippen LogP contribution in [0.25, 0.3) is 11.4 Å². The molecule has 196 valence electrons. The number of unbranched alkanes of at least 4 members (excludes halogenated alkanes) is 4. The molecule has 0 aliphatic heterocycles. The molecule has 3 aromatic rings. The van der Waals surface area contributed by atoms with Gasteiger partial charge in [-0.25, -0.2) is 14.8 Å². The summed E-state index contributed by atoms with van der Waals surface area (Å²) in [5.74, 6) is 2.99. The van der Waals surface area contributed by atoms with Crippen LogP contribution in [-0.4, -0.2) is 22.5 Å². The second kappa shape index (κ2) is 13.9. The maximum absolute atomic E-state index is 12.4. The van der Waals surface area contributed by atoms with Crippen molar-refractivity contribution >= 4 is 5.97 Å². The van der Waals surface area contributed by atoms with Crippen molar-refractivity contribution in [1.29, 1.82) is 0 Å². The minimum atomic E-state index is -0.400. The lowest BCUT2D eigenvalue weighted by atomic mass is 9.77. The summed E-state index contributed by atoms with van der Waals surface area (Å²) < 4.78 is 10.9. The molecule has 0 N–H and O–H groups in total. The molecule has 0 spiro atoms. The molecule has 5 heteroatoms. The van der Waals surface area contributed by atoms with Crippen molar-refractivity contribution in [2.75, 3.05) is 6.61 Å². The Morgan fingerprint density at radius 3 is 2.11 bits per heavy atom. The van der Waals surface area contributed by atoms with Crippen molar-refractivity contribution in [1.82, 2.24) is 9.97 Å². The van der Waals surface area contributed by atoms with Crippen LogP contribution >= 0.6 is 0 Å². The average Bonchev–Trinajstić information content (AvgIpc) is 2.94. The largest absolute Gasteiger partial charge is 0.494 e. The van der Waals surface area contributed by atoms with Gasteiger partial charge in [-0.15, -0.1) is 0 Å². The molecule has 5 nitrogen and oxygen atoms in total. The fourth-order valence-electron chi connectivity index (χ4n) is 5.21. The zero-order valence-electron chi connectivity index (χ0n) is 22.3. The second-order valence-corrected chi connectivity index (χ2v) is 10.1. The van der Waals surface area contributed by atoms with Crippen molar-refractivity contribution < 1.29 is 14.3 Å². The van der Waals surface area contributed by atoms with E-state index in [2.05, 4.69) is 16.9 Å². The van der Waals surface area contributed by atoms with E-state index in [0.717, 1.165) is 17.2 Å². The Bertz CT molecular complexity index is 1090.